The van der Waals surface area contributed by atoms with Crippen molar-refractivity contribution in [3.8, 4) is 0 Å². The molecule has 31 heavy (non-hydrogen) atoms. The van der Waals surface area contributed by atoms with E-state index < -0.39 is 0 Å². The number of aromatic nitrogens is 2. The summed E-state index contributed by atoms with van der Waals surface area (Å²) in [7, 11) is 3.51. The molecule has 2 N–H and O–H groups in total. The molecule has 2 heterocycles. The van der Waals surface area contributed by atoms with Crippen molar-refractivity contribution in [1.82, 2.24) is 20.0 Å². The van der Waals surface area contributed by atoms with Gasteiger partial charge in [0.25, 0.3) is 0 Å². The monoisotopic (exact) mass is 559 g/mol. The number of piperazine rings is 1. The zero-order chi connectivity index (χ0) is 21.5. The zero-order valence-electron chi connectivity index (χ0n) is 17.5. The SMILES string of the molecule is CN=C(NCCCC(=O)Nc1ccc(Cl)cc1)N1CCN(c2cnn(C)c2)C(=O)C1.I. The molecular formula is C20H27ClIN7O2. The number of guanidine groups is 1. The van der Waals surface area contributed by atoms with Crippen molar-refractivity contribution >= 4 is 64.7 Å². The number of aliphatic imine (C=N–C) groups is 1. The number of hydrogen-bond donors (Lipinski definition) is 2. The summed E-state index contributed by atoms with van der Waals surface area (Å²) < 4.78 is 1.68. The summed E-state index contributed by atoms with van der Waals surface area (Å²) in [5, 5.41) is 10.8. The van der Waals surface area contributed by atoms with Crippen molar-refractivity contribution < 1.29 is 9.59 Å². The van der Waals surface area contributed by atoms with E-state index in [-0.39, 0.29) is 42.3 Å². The highest BCUT2D eigenvalue weighted by molar-refractivity contribution is 14.0. The number of nitrogens with zero attached hydrogens (tertiary/aromatic N) is 5. The van der Waals surface area contributed by atoms with E-state index in [1.807, 2.05) is 18.1 Å². The van der Waals surface area contributed by atoms with Gasteiger partial charge in [-0.2, -0.15) is 5.10 Å². The maximum absolute atomic E-state index is 12.6. The average Bonchev–Trinajstić information content (AvgIpc) is 3.15. The van der Waals surface area contributed by atoms with E-state index in [2.05, 4.69) is 20.7 Å². The van der Waals surface area contributed by atoms with Gasteiger partial charge in [-0.1, -0.05) is 11.6 Å². The Labute approximate surface area is 203 Å². The summed E-state index contributed by atoms with van der Waals surface area (Å²) in [6.45, 7) is 2.05. The lowest BCUT2D eigenvalue weighted by Gasteiger charge is -2.35. The lowest BCUT2D eigenvalue weighted by Crippen LogP contribution is -2.55. The van der Waals surface area contributed by atoms with E-state index in [1.54, 1.807) is 47.1 Å². The summed E-state index contributed by atoms with van der Waals surface area (Å²) in [6.07, 6.45) is 4.54. The summed E-state index contributed by atoms with van der Waals surface area (Å²) in [4.78, 5) is 32.5. The Kier molecular flexibility index (Phi) is 9.56. The molecule has 0 radical (unpaired) electrons. The second-order valence-electron chi connectivity index (χ2n) is 6.97. The highest BCUT2D eigenvalue weighted by Crippen LogP contribution is 2.16. The summed E-state index contributed by atoms with van der Waals surface area (Å²) in [5.74, 6) is 0.598. The number of carbonyl (C=O) groups is 2. The van der Waals surface area contributed by atoms with Gasteiger partial charge in [0.1, 0.15) is 6.54 Å². The number of benzene rings is 1. The molecule has 9 nitrogen and oxygen atoms in total. The van der Waals surface area contributed by atoms with Crippen LogP contribution in [-0.2, 0) is 16.6 Å². The summed E-state index contributed by atoms with van der Waals surface area (Å²) in [5.41, 5.74) is 1.52. The average molecular weight is 560 g/mol. The van der Waals surface area contributed by atoms with Gasteiger partial charge in [-0.25, -0.2) is 0 Å². The third kappa shape index (κ3) is 7.10. The molecule has 11 heteroatoms. The Morgan fingerprint density at radius 2 is 2.00 bits per heavy atom. The second-order valence-corrected chi connectivity index (χ2v) is 7.41. The first-order valence-electron chi connectivity index (χ1n) is 9.76. The normalized spacial score (nSPS) is 14.3. The van der Waals surface area contributed by atoms with Crippen LogP contribution in [0.3, 0.4) is 0 Å². The molecule has 1 aromatic carbocycles. The van der Waals surface area contributed by atoms with Crippen molar-refractivity contribution in [2.24, 2.45) is 12.0 Å². The van der Waals surface area contributed by atoms with Crippen LogP contribution in [0.2, 0.25) is 5.02 Å². The van der Waals surface area contributed by atoms with Gasteiger partial charge in [-0.15, -0.1) is 24.0 Å². The van der Waals surface area contributed by atoms with Gasteiger partial charge in [0.2, 0.25) is 11.8 Å². The highest BCUT2D eigenvalue weighted by Gasteiger charge is 2.27. The minimum Gasteiger partial charge on any atom is -0.356 e. The number of aryl methyl sites for hydroxylation is 1. The third-order valence-corrected chi connectivity index (χ3v) is 4.98. The standard InChI is InChI=1S/C20H26ClN7O2.HI/c1-22-20(23-9-3-4-18(29)25-16-7-5-15(21)6-8-16)27-10-11-28(19(30)14-27)17-12-24-26(2)13-17;/h5-8,12-13H,3-4,9-11,14H2,1-2H3,(H,22,23)(H,25,29);1H. The fourth-order valence-electron chi connectivity index (χ4n) is 3.21. The quantitative estimate of drug-likeness (QED) is 0.245. The minimum absolute atomic E-state index is 0. The largest absolute Gasteiger partial charge is 0.356 e. The smallest absolute Gasteiger partial charge is 0.246 e. The van der Waals surface area contributed by atoms with Crippen LogP contribution in [0.15, 0.2) is 41.7 Å². The molecule has 0 bridgehead atoms. The molecule has 2 aromatic rings. The van der Waals surface area contributed by atoms with Crippen molar-refractivity contribution in [3.63, 3.8) is 0 Å². The van der Waals surface area contributed by atoms with Gasteiger partial charge in [-0.3, -0.25) is 19.3 Å². The van der Waals surface area contributed by atoms with Gasteiger partial charge in [0.15, 0.2) is 5.96 Å². The number of carbonyl (C=O) groups excluding carboxylic acids is 2. The molecule has 1 aromatic heterocycles. The van der Waals surface area contributed by atoms with Crippen molar-refractivity contribution in [2.75, 3.05) is 43.4 Å². The van der Waals surface area contributed by atoms with Crippen LogP contribution in [0.25, 0.3) is 0 Å². The van der Waals surface area contributed by atoms with Crippen LogP contribution in [0, 0.1) is 0 Å². The number of halogens is 2. The molecule has 1 fully saturated rings. The lowest BCUT2D eigenvalue weighted by molar-refractivity contribution is -0.120. The van der Waals surface area contributed by atoms with E-state index >= 15 is 0 Å². The molecule has 0 unspecified atom stereocenters. The number of anilines is 2. The molecule has 1 saturated heterocycles. The Morgan fingerprint density at radius 1 is 1.26 bits per heavy atom. The first-order chi connectivity index (χ1) is 14.5. The van der Waals surface area contributed by atoms with Crippen LogP contribution in [0.4, 0.5) is 11.4 Å². The molecule has 0 atom stereocenters. The molecule has 0 aliphatic carbocycles. The fourth-order valence-corrected chi connectivity index (χ4v) is 3.34. The zero-order valence-corrected chi connectivity index (χ0v) is 20.6. The van der Waals surface area contributed by atoms with Gasteiger partial charge in [-0.05, 0) is 30.7 Å². The fraction of sp³-hybridized carbons (Fsp3) is 0.400. The number of rotatable bonds is 6. The molecule has 0 spiro atoms. The Balaban J connectivity index is 0.00000341. The third-order valence-electron chi connectivity index (χ3n) is 4.73. The first kappa shape index (κ1) is 24.9. The molecule has 168 valence electrons. The van der Waals surface area contributed by atoms with E-state index in [0.29, 0.717) is 43.5 Å². The number of nitrogens with one attached hydrogen (secondary N) is 2. The Hall–Kier alpha value is -2.34. The summed E-state index contributed by atoms with van der Waals surface area (Å²) >= 11 is 5.84. The Bertz CT molecular complexity index is 917. The Morgan fingerprint density at radius 3 is 2.61 bits per heavy atom. The van der Waals surface area contributed by atoms with Crippen molar-refractivity contribution in [2.45, 2.75) is 12.8 Å². The first-order valence-corrected chi connectivity index (χ1v) is 10.1. The predicted molar refractivity (Wildman–Crippen MR) is 133 cm³/mol. The topological polar surface area (TPSA) is 94.9 Å². The minimum atomic E-state index is -0.0608. The van der Waals surface area contributed by atoms with Crippen molar-refractivity contribution in [1.29, 1.82) is 0 Å². The predicted octanol–water partition coefficient (Wildman–Crippen LogP) is 2.33. The molecule has 0 saturated carbocycles. The molecule has 1 aliphatic rings. The molecule has 1 aliphatic heterocycles. The van der Waals surface area contributed by atoms with Crippen LogP contribution in [-0.4, -0.2) is 65.7 Å². The molecule has 3 rings (SSSR count). The van der Waals surface area contributed by atoms with Gasteiger partial charge < -0.3 is 20.4 Å². The maximum Gasteiger partial charge on any atom is 0.246 e. The molecule has 2 amide bonds. The van der Waals surface area contributed by atoms with Crippen LogP contribution < -0.4 is 15.5 Å². The van der Waals surface area contributed by atoms with Crippen LogP contribution >= 0.6 is 35.6 Å². The second kappa shape index (κ2) is 11.9. The molecular weight excluding hydrogens is 533 g/mol. The van der Waals surface area contributed by atoms with E-state index in [4.69, 9.17) is 11.6 Å². The van der Waals surface area contributed by atoms with Crippen molar-refractivity contribution in [3.05, 3.63) is 41.7 Å². The van der Waals surface area contributed by atoms with E-state index in [1.165, 1.54) is 0 Å². The van der Waals surface area contributed by atoms with Gasteiger partial charge in [0.05, 0.1) is 11.9 Å². The van der Waals surface area contributed by atoms with Gasteiger partial charge >= 0.3 is 0 Å². The number of hydrogen-bond acceptors (Lipinski definition) is 4. The maximum atomic E-state index is 12.6. The number of amides is 2. The highest BCUT2D eigenvalue weighted by atomic mass is 127. The van der Waals surface area contributed by atoms with Gasteiger partial charge in [0, 0.05) is 57.1 Å². The summed E-state index contributed by atoms with van der Waals surface area (Å²) in [6, 6.07) is 7.00. The lowest BCUT2D eigenvalue weighted by atomic mass is 10.2. The van der Waals surface area contributed by atoms with Crippen LogP contribution in [0.5, 0.6) is 0 Å². The van der Waals surface area contributed by atoms with Crippen LogP contribution in [0.1, 0.15) is 12.8 Å². The van der Waals surface area contributed by atoms with E-state index in [0.717, 1.165) is 11.4 Å². The van der Waals surface area contributed by atoms with E-state index in [9.17, 15) is 9.59 Å².